The van der Waals surface area contributed by atoms with Crippen molar-refractivity contribution in [1.82, 2.24) is 10.3 Å². The lowest BCUT2D eigenvalue weighted by Crippen LogP contribution is -2.19. The summed E-state index contributed by atoms with van der Waals surface area (Å²) in [6, 6.07) is 5.87. The average Bonchev–Trinajstić information content (AvgIpc) is 2.96. The molecule has 3 rings (SSSR count). The van der Waals surface area contributed by atoms with Crippen molar-refractivity contribution in [3.8, 4) is 0 Å². The van der Waals surface area contributed by atoms with Crippen LogP contribution in [0, 0.1) is 20.8 Å². The number of anilines is 1. The molecule has 5 heteroatoms. The summed E-state index contributed by atoms with van der Waals surface area (Å²) in [6.07, 6.45) is 1.81. The van der Waals surface area contributed by atoms with Crippen molar-refractivity contribution in [1.29, 1.82) is 0 Å². The Bertz CT molecular complexity index is 859. The third kappa shape index (κ3) is 2.44. The summed E-state index contributed by atoms with van der Waals surface area (Å²) in [7, 11) is 1.61. The van der Waals surface area contributed by atoms with Gasteiger partial charge >= 0.3 is 0 Å². The summed E-state index contributed by atoms with van der Waals surface area (Å²) in [5, 5.41) is 5.51. The van der Waals surface area contributed by atoms with Crippen LogP contribution in [0.1, 0.15) is 38.4 Å². The van der Waals surface area contributed by atoms with Crippen molar-refractivity contribution in [2.45, 2.75) is 20.8 Å². The maximum Gasteiger partial charge on any atom is 0.256 e. The standard InChI is InChI=1S/C18H19N3O2/c1-9-5-6-14-12(7-9)13(17(22)21-14)8-15-10(2)16(11(3)20-15)18(23)19-4/h5-8,20H,1-4H3,(H,19,23)(H,21,22)/b13-8-. The molecule has 1 aliphatic rings. The number of aromatic amines is 1. The first-order valence-corrected chi connectivity index (χ1v) is 7.47. The lowest BCUT2D eigenvalue weighted by molar-refractivity contribution is -0.110. The van der Waals surface area contributed by atoms with Crippen LogP contribution >= 0.6 is 0 Å². The molecule has 1 aliphatic heterocycles. The molecule has 0 aliphatic carbocycles. The number of nitrogens with one attached hydrogen (secondary N) is 3. The second-order valence-electron chi connectivity index (χ2n) is 5.80. The number of fused-ring (bicyclic) bond motifs is 1. The van der Waals surface area contributed by atoms with E-state index in [1.165, 1.54) is 0 Å². The van der Waals surface area contributed by atoms with Gasteiger partial charge in [0, 0.05) is 29.7 Å². The van der Waals surface area contributed by atoms with Gasteiger partial charge in [0.25, 0.3) is 11.8 Å². The third-order valence-corrected chi connectivity index (χ3v) is 4.18. The van der Waals surface area contributed by atoms with Crippen molar-refractivity contribution in [2.24, 2.45) is 0 Å². The molecule has 2 aromatic rings. The summed E-state index contributed by atoms with van der Waals surface area (Å²) in [5.41, 5.74) is 6.44. The van der Waals surface area contributed by atoms with E-state index >= 15 is 0 Å². The van der Waals surface area contributed by atoms with Crippen LogP contribution in [0.25, 0.3) is 11.6 Å². The van der Waals surface area contributed by atoms with E-state index in [0.717, 1.165) is 33.8 Å². The van der Waals surface area contributed by atoms with E-state index in [0.29, 0.717) is 11.1 Å². The van der Waals surface area contributed by atoms with Crippen molar-refractivity contribution in [2.75, 3.05) is 12.4 Å². The fourth-order valence-corrected chi connectivity index (χ4v) is 2.97. The van der Waals surface area contributed by atoms with Gasteiger partial charge in [0.2, 0.25) is 0 Å². The van der Waals surface area contributed by atoms with Gasteiger partial charge in [-0.05, 0) is 44.5 Å². The zero-order chi connectivity index (χ0) is 16.7. The van der Waals surface area contributed by atoms with Crippen molar-refractivity contribution in [3.05, 3.63) is 51.8 Å². The maximum atomic E-state index is 12.3. The quantitative estimate of drug-likeness (QED) is 0.746. The largest absolute Gasteiger partial charge is 0.358 e. The molecule has 3 N–H and O–H groups in total. The molecule has 0 fully saturated rings. The van der Waals surface area contributed by atoms with E-state index in [9.17, 15) is 9.59 Å². The smallest absolute Gasteiger partial charge is 0.256 e. The van der Waals surface area contributed by atoms with E-state index < -0.39 is 0 Å². The third-order valence-electron chi connectivity index (χ3n) is 4.18. The first-order valence-electron chi connectivity index (χ1n) is 7.47. The van der Waals surface area contributed by atoms with Gasteiger partial charge in [0.1, 0.15) is 0 Å². The van der Waals surface area contributed by atoms with Gasteiger partial charge in [-0.25, -0.2) is 0 Å². The average molecular weight is 309 g/mol. The van der Waals surface area contributed by atoms with Crippen LogP contribution in [0.15, 0.2) is 18.2 Å². The predicted octanol–water partition coefficient (Wildman–Crippen LogP) is 2.79. The second-order valence-corrected chi connectivity index (χ2v) is 5.80. The van der Waals surface area contributed by atoms with Gasteiger partial charge in [-0.3, -0.25) is 9.59 Å². The van der Waals surface area contributed by atoms with E-state index in [4.69, 9.17) is 0 Å². The van der Waals surface area contributed by atoms with E-state index in [-0.39, 0.29) is 11.8 Å². The molecular weight excluding hydrogens is 290 g/mol. The summed E-state index contributed by atoms with van der Waals surface area (Å²) >= 11 is 0. The molecule has 2 heterocycles. The Morgan fingerprint density at radius 3 is 2.65 bits per heavy atom. The van der Waals surface area contributed by atoms with Gasteiger partial charge in [-0.1, -0.05) is 11.6 Å². The minimum Gasteiger partial charge on any atom is -0.358 e. The fraction of sp³-hybridized carbons (Fsp3) is 0.222. The van der Waals surface area contributed by atoms with Crippen LogP contribution in [0.3, 0.4) is 0 Å². The van der Waals surface area contributed by atoms with E-state index in [2.05, 4.69) is 15.6 Å². The first-order chi connectivity index (χ1) is 10.9. The Balaban J connectivity index is 2.12. The van der Waals surface area contributed by atoms with Gasteiger partial charge < -0.3 is 15.6 Å². The van der Waals surface area contributed by atoms with Gasteiger partial charge in [0.15, 0.2) is 0 Å². The molecule has 0 bridgehead atoms. The topological polar surface area (TPSA) is 74.0 Å². The maximum absolute atomic E-state index is 12.3. The second kappa shape index (κ2) is 5.43. The number of hydrogen-bond donors (Lipinski definition) is 3. The molecule has 0 atom stereocenters. The molecule has 0 saturated carbocycles. The molecule has 0 spiro atoms. The molecule has 23 heavy (non-hydrogen) atoms. The Labute approximate surface area is 134 Å². The number of amides is 2. The molecule has 118 valence electrons. The van der Waals surface area contributed by atoms with Gasteiger partial charge in [-0.15, -0.1) is 0 Å². The van der Waals surface area contributed by atoms with E-state index in [1.807, 2.05) is 45.0 Å². The lowest BCUT2D eigenvalue weighted by Gasteiger charge is -2.01. The molecule has 0 saturated heterocycles. The number of benzene rings is 1. The Hall–Kier alpha value is -2.82. The van der Waals surface area contributed by atoms with Crippen LogP contribution < -0.4 is 10.6 Å². The van der Waals surface area contributed by atoms with Crippen molar-refractivity contribution >= 4 is 29.2 Å². The molecular formula is C18H19N3O2. The van der Waals surface area contributed by atoms with Crippen molar-refractivity contribution in [3.63, 3.8) is 0 Å². The van der Waals surface area contributed by atoms with Crippen molar-refractivity contribution < 1.29 is 9.59 Å². The molecule has 2 amide bonds. The monoisotopic (exact) mass is 309 g/mol. The summed E-state index contributed by atoms with van der Waals surface area (Å²) in [5.74, 6) is -0.258. The van der Waals surface area contributed by atoms with Crippen LogP contribution in [-0.2, 0) is 4.79 Å². The molecule has 1 aromatic carbocycles. The number of H-pyrrole nitrogens is 1. The normalized spacial score (nSPS) is 14.8. The number of aryl methyl sites for hydroxylation is 2. The molecule has 5 nitrogen and oxygen atoms in total. The van der Waals surface area contributed by atoms with Crippen LogP contribution in [0.5, 0.6) is 0 Å². The van der Waals surface area contributed by atoms with Gasteiger partial charge in [-0.2, -0.15) is 0 Å². The number of rotatable bonds is 2. The highest BCUT2D eigenvalue weighted by atomic mass is 16.2. The minimum absolute atomic E-state index is 0.126. The van der Waals surface area contributed by atoms with Crippen LogP contribution in [0.2, 0.25) is 0 Å². The zero-order valence-electron chi connectivity index (χ0n) is 13.6. The van der Waals surface area contributed by atoms with Crippen LogP contribution in [-0.4, -0.2) is 23.8 Å². The molecule has 1 aromatic heterocycles. The molecule has 0 unspecified atom stereocenters. The highest BCUT2D eigenvalue weighted by Gasteiger charge is 2.25. The Morgan fingerprint density at radius 1 is 1.22 bits per heavy atom. The van der Waals surface area contributed by atoms with E-state index in [1.54, 1.807) is 7.05 Å². The fourth-order valence-electron chi connectivity index (χ4n) is 2.97. The Morgan fingerprint density at radius 2 is 1.96 bits per heavy atom. The lowest BCUT2D eigenvalue weighted by atomic mass is 10.0. The predicted molar refractivity (Wildman–Crippen MR) is 91.3 cm³/mol. The SMILES string of the molecule is CNC(=O)c1c(C)[nH]c(/C=C2\C(=O)Nc3ccc(C)cc32)c1C. The molecule has 0 radical (unpaired) electrons. The highest BCUT2D eigenvalue weighted by molar-refractivity contribution is 6.35. The number of carbonyl (C=O) groups is 2. The Kier molecular flexibility index (Phi) is 3.56. The minimum atomic E-state index is -0.131. The van der Waals surface area contributed by atoms with Crippen LogP contribution in [0.4, 0.5) is 5.69 Å². The number of aromatic nitrogens is 1. The summed E-state index contributed by atoms with van der Waals surface area (Å²) in [6.45, 7) is 5.73. The summed E-state index contributed by atoms with van der Waals surface area (Å²) < 4.78 is 0. The highest BCUT2D eigenvalue weighted by Crippen LogP contribution is 2.34. The zero-order valence-corrected chi connectivity index (χ0v) is 13.6. The van der Waals surface area contributed by atoms with Gasteiger partial charge in [0.05, 0.1) is 11.1 Å². The number of hydrogen-bond acceptors (Lipinski definition) is 2. The first kappa shape index (κ1) is 15.1. The summed E-state index contributed by atoms with van der Waals surface area (Å²) in [4.78, 5) is 27.5. The number of carbonyl (C=O) groups excluding carboxylic acids is 2.